The lowest BCUT2D eigenvalue weighted by Crippen LogP contribution is -2.32. The van der Waals surface area contributed by atoms with Crippen LogP contribution in [0.5, 0.6) is 0 Å². The zero-order valence-electron chi connectivity index (χ0n) is 10.2. The minimum absolute atomic E-state index is 0.0430. The lowest BCUT2D eigenvalue weighted by molar-refractivity contribution is 0.0939. The minimum atomic E-state index is -4.02. The molecule has 0 aliphatic heterocycles. The minimum Gasteiger partial charge on any atom is -0.350 e. The highest BCUT2D eigenvalue weighted by atomic mass is 79.9. The summed E-state index contributed by atoms with van der Waals surface area (Å²) < 4.78 is 23.2. The van der Waals surface area contributed by atoms with Gasteiger partial charge in [0.25, 0.3) is 15.0 Å². The van der Waals surface area contributed by atoms with Crippen LogP contribution in [0.3, 0.4) is 0 Å². The monoisotopic (exact) mass is 387 g/mol. The third-order valence-corrected chi connectivity index (χ3v) is 4.82. The summed E-state index contributed by atoms with van der Waals surface area (Å²) >= 11 is 9.07. The van der Waals surface area contributed by atoms with Gasteiger partial charge in [0.05, 0.1) is 10.6 Å². The van der Waals surface area contributed by atoms with Crippen molar-refractivity contribution in [2.24, 2.45) is 0 Å². The highest BCUT2D eigenvalue weighted by Gasteiger charge is 2.22. The molecule has 1 atom stereocenters. The van der Waals surface area contributed by atoms with Crippen molar-refractivity contribution in [3.8, 4) is 0 Å². The van der Waals surface area contributed by atoms with Crippen LogP contribution in [-0.2, 0) is 9.05 Å². The SMILES string of the molecule is CCC(C)NC(=O)c1cc(Br)cc(S(=O)(=O)Cl)c1Cl. The van der Waals surface area contributed by atoms with E-state index in [1.807, 2.05) is 13.8 Å². The van der Waals surface area contributed by atoms with Crippen LogP contribution in [-0.4, -0.2) is 20.4 Å². The maximum atomic E-state index is 12.0. The first-order valence-corrected chi connectivity index (χ1v) is 8.89. The smallest absolute Gasteiger partial charge is 0.262 e. The zero-order chi connectivity index (χ0) is 14.8. The van der Waals surface area contributed by atoms with Crippen molar-refractivity contribution in [3.63, 3.8) is 0 Å². The van der Waals surface area contributed by atoms with E-state index in [4.69, 9.17) is 22.3 Å². The highest BCUT2D eigenvalue weighted by molar-refractivity contribution is 9.10. The quantitative estimate of drug-likeness (QED) is 0.802. The Balaban J connectivity index is 3.30. The highest BCUT2D eigenvalue weighted by Crippen LogP contribution is 2.31. The van der Waals surface area contributed by atoms with Crippen LogP contribution in [0.4, 0.5) is 0 Å². The summed E-state index contributed by atoms with van der Waals surface area (Å²) in [5.74, 6) is -0.442. The Morgan fingerprint density at radius 2 is 2.05 bits per heavy atom. The van der Waals surface area contributed by atoms with E-state index in [-0.39, 0.29) is 21.5 Å². The van der Waals surface area contributed by atoms with Crippen molar-refractivity contribution >= 4 is 53.2 Å². The van der Waals surface area contributed by atoms with E-state index in [1.54, 1.807) is 0 Å². The van der Waals surface area contributed by atoms with Gasteiger partial charge in [0.15, 0.2) is 0 Å². The van der Waals surface area contributed by atoms with Gasteiger partial charge in [-0.25, -0.2) is 8.42 Å². The number of rotatable bonds is 4. The molecule has 0 saturated carbocycles. The van der Waals surface area contributed by atoms with Crippen molar-refractivity contribution in [2.45, 2.75) is 31.2 Å². The largest absolute Gasteiger partial charge is 0.350 e. The number of carbonyl (C=O) groups excluding carboxylic acids is 1. The number of carbonyl (C=O) groups is 1. The average molecular weight is 389 g/mol. The fourth-order valence-electron chi connectivity index (χ4n) is 1.31. The maximum absolute atomic E-state index is 12.0. The van der Waals surface area contributed by atoms with Gasteiger partial charge in [-0.3, -0.25) is 4.79 Å². The van der Waals surface area contributed by atoms with Gasteiger partial charge >= 0.3 is 0 Å². The molecule has 8 heteroatoms. The van der Waals surface area contributed by atoms with Crippen LogP contribution in [0, 0.1) is 0 Å². The second-order valence-electron chi connectivity index (χ2n) is 3.99. The predicted octanol–water partition coefficient (Wildman–Crippen LogP) is 3.56. The van der Waals surface area contributed by atoms with Crippen LogP contribution >= 0.6 is 38.2 Å². The van der Waals surface area contributed by atoms with Gasteiger partial charge in [-0.15, -0.1) is 0 Å². The van der Waals surface area contributed by atoms with E-state index in [2.05, 4.69) is 21.2 Å². The van der Waals surface area contributed by atoms with Crippen LogP contribution in [0.25, 0.3) is 0 Å². The van der Waals surface area contributed by atoms with Gasteiger partial charge < -0.3 is 5.32 Å². The van der Waals surface area contributed by atoms with E-state index >= 15 is 0 Å². The van der Waals surface area contributed by atoms with E-state index < -0.39 is 15.0 Å². The van der Waals surface area contributed by atoms with E-state index in [0.29, 0.717) is 4.47 Å². The Bertz CT molecular complexity index is 604. The number of amides is 1. The lowest BCUT2D eigenvalue weighted by atomic mass is 10.2. The van der Waals surface area contributed by atoms with Gasteiger partial charge in [-0.05, 0) is 25.5 Å². The number of benzene rings is 1. The van der Waals surface area contributed by atoms with Crippen molar-refractivity contribution in [1.82, 2.24) is 5.32 Å². The molecule has 1 unspecified atom stereocenters. The fraction of sp³-hybridized carbons (Fsp3) is 0.364. The Morgan fingerprint density at radius 3 is 2.53 bits per heavy atom. The molecule has 0 aliphatic carbocycles. The zero-order valence-corrected chi connectivity index (χ0v) is 14.1. The third-order valence-electron chi connectivity index (χ3n) is 2.50. The van der Waals surface area contributed by atoms with Crippen molar-refractivity contribution in [3.05, 3.63) is 27.2 Å². The maximum Gasteiger partial charge on any atom is 0.262 e. The van der Waals surface area contributed by atoms with Gasteiger partial charge in [0.1, 0.15) is 4.90 Å². The summed E-state index contributed by atoms with van der Waals surface area (Å²) in [7, 11) is 1.26. The second kappa shape index (κ2) is 6.43. The molecule has 106 valence electrons. The van der Waals surface area contributed by atoms with Gasteiger partial charge in [-0.1, -0.05) is 34.5 Å². The topological polar surface area (TPSA) is 63.2 Å². The molecule has 0 aliphatic rings. The first-order chi connectivity index (χ1) is 8.66. The Kier molecular flexibility index (Phi) is 5.67. The summed E-state index contributed by atoms with van der Waals surface area (Å²) in [6.07, 6.45) is 0.748. The van der Waals surface area contributed by atoms with Crippen LogP contribution < -0.4 is 5.32 Å². The molecule has 1 aromatic carbocycles. The molecule has 4 nitrogen and oxygen atoms in total. The number of halogens is 3. The summed E-state index contributed by atoms with van der Waals surface area (Å²) in [4.78, 5) is 11.7. The number of hydrogen-bond donors (Lipinski definition) is 1. The molecule has 0 spiro atoms. The second-order valence-corrected chi connectivity index (χ2v) is 7.81. The Labute approximate surface area is 130 Å². The molecule has 1 rings (SSSR count). The average Bonchev–Trinajstić information content (AvgIpc) is 2.29. The van der Waals surface area contributed by atoms with Crippen LogP contribution in [0.2, 0.25) is 5.02 Å². The van der Waals surface area contributed by atoms with E-state index in [9.17, 15) is 13.2 Å². The van der Waals surface area contributed by atoms with E-state index in [0.717, 1.165) is 6.42 Å². The molecule has 0 aromatic heterocycles. The van der Waals surface area contributed by atoms with Crippen LogP contribution in [0.1, 0.15) is 30.6 Å². The summed E-state index contributed by atoms with van der Waals surface area (Å²) in [5, 5.41) is 2.53. The summed E-state index contributed by atoms with van der Waals surface area (Å²) in [5.41, 5.74) is 0.0653. The Morgan fingerprint density at radius 1 is 1.47 bits per heavy atom. The van der Waals surface area contributed by atoms with E-state index in [1.165, 1.54) is 12.1 Å². The molecule has 1 amide bonds. The molecule has 1 aromatic rings. The molecule has 0 bridgehead atoms. The normalized spacial score (nSPS) is 13.1. The molecule has 1 N–H and O–H groups in total. The van der Waals surface area contributed by atoms with Crippen LogP contribution in [0.15, 0.2) is 21.5 Å². The molecule has 0 heterocycles. The fourth-order valence-corrected chi connectivity index (χ4v) is 3.49. The van der Waals surface area contributed by atoms with Gasteiger partial charge in [-0.2, -0.15) is 0 Å². The van der Waals surface area contributed by atoms with Crippen molar-refractivity contribution < 1.29 is 13.2 Å². The lowest BCUT2D eigenvalue weighted by Gasteiger charge is -2.13. The standard InChI is InChI=1S/C11H12BrCl2NO3S/c1-3-6(2)15-11(16)8-4-7(12)5-9(10(8)13)19(14,17)18/h4-6H,3H2,1-2H3,(H,15,16). The molecule has 0 saturated heterocycles. The first-order valence-electron chi connectivity index (χ1n) is 5.41. The molecular formula is C11H12BrCl2NO3S. The molecule has 0 radical (unpaired) electrons. The molecule has 19 heavy (non-hydrogen) atoms. The first kappa shape index (κ1) is 16.8. The third kappa shape index (κ3) is 4.34. The van der Waals surface area contributed by atoms with Crippen molar-refractivity contribution in [1.29, 1.82) is 0 Å². The number of hydrogen-bond acceptors (Lipinski definition) is 3. The summed E-state index contributed by atoms with van der Waals surface area (Å²) in [6.45, 7) is 3.76. The van der Waals surface area contributed by atoms with Gasteiger partial charge in [0.2, 0.25) is 0 Å². The molecule has 0 fully saturated rings. The predicted molar refractivity (Wildman–Crippen MR) is 79.4 cm³/mol. The van der Waals surface area contributed by atoms with Crippen molar-refractivity contribution in [2.75, 3.05) is 0 Å². The Hall–Kier alpha value is -0.300. The molecular weight excluding hydrogens is 377 g/mol. The summed E-state index contributed by atoms with van der Waals surface area (Å²) in [6, 6.07) is 2.66. The van der Waals surface area contributed by atoms with Gasteiger partial charge in [0, 0.05) is 21.2 Å². The number of nitrogens with one attached hydrogen (secondary N) is 1.